The first-order valence-corrected chi connectivity index (χ1v) is 46.4. The number of aromatic nitrogens is 1. The fourth-order valence-corrected chi connectivity index (χ4v) is 16.7. The second kappa shape index (κ2) is 57.3. The number of phenols is 1. The highest BCUT2D eigenvalue weighted by Gasteiger charge is 2.41. The number of piperidine rings is 1. The molecule has 11 amide bonds. The van der Waals surface area contributed by atoms with Crippen molar-refractivity contribution in [3.63, 3.8) is 0 Å². The van der Waals surface area contributed by atoms with E-state index >= 15 is 0 Å². The SMILES string of the molecule is CCCC(=O)OCN(C(=O)[C@@H](NC(=O)[C@H]1CCCCN1C)C(C)CC)[C@H](C[C@@H](O)c1nc(C(=O)N[C@@H](Cc2ccc(O)cc2)C[C@H](C)C(=O)NNC(=O)OCCSSC[C@@H](NC(=O)[C@H](CC(=O)O)CC(=O)[C@@H](N)CNC(=O)[C@@H](CC(=O)[C@H](Cc2ccccc2)NC(=O)CCNC(=O)CC[C@H](NC(=O)N[C@@H](CCC(=O)O)C(=O)O)C(=O)O)Cc2ccccc2)C(=O)O)cs1)C(C)C. The van der Waals surface area contributed by atoms with Crippen LogP contribution in [0.5, 0.6) is 5.75 Å². The molecule has 4 aromatic rings. The third-order valence-electron chi connectivity index (χ3n) is 21.6. The van der Waals surface area contributed by atoms with Crippen molar-refractivity contribution in [2.45, 2.75) is 224 Å². The monoisotopic (exact) mass is 1890 g/mol. The van der Waals surface area contributed by atoms with Crippen molar-refractivity contribution in [3.8, 4) is 5.75 Å². The summed E-state index contributed by atoms with van der Waals surface area (Å²) in [6.45, 7) is 9.84. The highest BCUT2D eigenvalue weighted by molar-refractivity contribution is 8.76. The number of rotatable bonds is 59. The van der Waals surface area contributed by atoms with Crippen molar-refractivity contribution in [2.75, 3.05) is 51.5 Å². The van der Waals surface area contributed by atoms with Crippen LogP contribution in [0.25, 0.3) is 0 Å². The average Bonchev–Trinajstić information content (AvgIpc) is 1.81. The van der Waals surface area contributed by atoms with Crippen molar-refractivity contribution in [1.82, 2.24) is 68.2 Å². The molecule has 0 spiro atoms. The number of nitrogens with zero attached hydrogens (tertiary/aromatic N) is 3. The molecule has 19 N–H and O–H groups in total. The molecule has 0 saturated carbocycles. The van der Waals surface area contributed by atoms with E-state index in [1.54, 1.807) is 72.8 Å². The number of esters is 1. The third-order valence-corrected chi connectivity index (χ3v) is 24.9. The molecule has 14 atom stereocenters. The van der Waals surface area contributed by atoms with Gasteiger partial charge >= 0.3 is 47.9 Å². The number of carbonyl (C=O) groups excluding carboxylic acids is 13. The van der Waals surface area contributed by atoms with Crippen LogP contribution in [-0.2, 0) is 101 Å². The number of aliphatic carboxylic acids is 5. The van der Waals surface area contributed by atoms with Crippen molar-refractivity contribution in [1.29, 1.82) is 0 Å². The van der Waals surface area contributed by atoms with Gasteiger partial charge in [-0.25, -0.2) is 34.4 Å². The van der Waals surface area contributed by atoms with Crippen LogP contribution in [0, 0.1) is 29.6 Å². The molecule has 1 fully saturated rings. The molecule has 3 aromatic carbocycles. The van der Waals surface area contributed by atoms with Gasteiger partial charge < -0.3 is 98.4 Å². The Labute approximate surface area is 769 Å². The smallest absolute Gasteiger partial charge is 0.426 e. The van der Waals surface area contributed by atoms with Crippen LogP contribution >= 0.6 is 32.9 Å². The number of likely N-dealkylation sites (tertiary alicyclic amines) is 1. The van der Waals surface area contributed by atoms with Gasteiger partial charge in [0, 0.05) is 98.8 Å². The molecule has 0 aliphatic carbocycles. The number of hydrogen-bond donors (Lipinski definition) is 18. The molecular weight excluding hydrogens is 1770 g/mol. The summed E-state index contributed by atoms with van der Waals surface area (Å²) in [6, 6.07) is 11.0. The number of phenolic OH excluding ortho intramolecular Hbond substituents is 1. The maximum Gasteiger partial charge on any atom is 0.426 e. The fourth-order valence-electron chi connectivity index (χ4n) is 13.9. The summed E-state index contributed by atoms with van der Waals surface area (Å²) in [7, 11) is 3.79. The molecule has 1 aliphatic rings. The van der Waals surface area contributed by atoms with Gasteiger partial charge in [-0.15, -0.1) is 11.3 Å². The number of carboxylic acids is 5. The lowest BCUT2D eigenvalue weighted by Crippen LogP contribution is -2.59. The van der Waals surface area contributed by atoms with Gasteiger partial charge in [0.2, 0.25) is 41.4 Å². The summed E-state index contributed by atoms with van der Waals surface area (Å²) in [5.74, 6) is -19.9. The number of aliphatic hydroxyl groups is 1. The Morgan fingerprint density at radius 3 is 1.82 bits per heavy atom. The number of thiazole rings is 1. The average molecular weight is 1890 g/mol. The number of aromatic hydroxyl groups is 1. The number of likely N-dealkylation sites (N-methyl/N-ethyl adjacent to an activating group) is 1. The molecule has 5 rings (SSSR count). The molecular formula is C87H122N14O27S3. The summed E-state index contributed by atoms with van der Waals surface area (Å²) in [5, 5.41) is 91.1. The Balaban J connectivity index is 1.12. The number of hydrogen-bond acceptors (Lipinski definition) is 28. The van der Waals surface area contributed by atoms with Crippen molar-refractivity contribution in [3.05, 3.63) is 118 Å². The number of carbonyl (C=O) groups is 18. The largest absolute Gasteiger partial charge is 0.508 e. The van der Waals surface area contributed by atoms with Gasteiger partial charge in [0.15, 0.2) is 18.3 Å². The van der Waals surface area contributed by atoms with E-state index in [2.05, 4.69) is 47.7 Å². The van der Waals surface area contributed by atoms with Gasteiger partial charge in [0.25, 0.3) is 5.91 Å². The number of ketones is 2. The van der Waals surface area contributed by atoms with Crippen LogP contribution in [-0.4, -0.2) is 263 Å². The Bertz CT molecular complexity index is 4500. The lowest BCUT2D eigenvalue weighted by Gasteiger charge is -2.39. The van der Waals surface area contributed by atoms with Gasteiger partial charge in [-0.3, -0.25) is 72.7 Å². The normalized spacial score (nSPS) is 15.5. The zero-order valence-corrected chi connectivity index (χ0v) is 76.6. The Morgan fingerprint density at radius 2 is 1.23 bits per heavy atom. The Kier molecular flexibility index (Phi) is 48.0. The molecule has 1 unspecified atom stereocenters. The highest BCUT2D eigenvalue weighted by atomic mass is 33.1. The van der Waals surface area contributed by atoms with Gasteiger partial charge in [-0.1, -0.05) is 149 Å². The number of ether oxygens (including phenoxy) is 2. The Morgan fingerprint density at radius 1 is 0.611 bits per heavy atom. The first-order chi connectivity index (χ1) is 62.2. The van der Waals surface area contributed by atoms with E-state index in [0.29, 0.717) is 36.0 Å². The van der Waals surface area contributed by atoms with Crippen molar-refractivity contribution < 1.29 is 132 Å². The number of benzene rings is 3. The number of Topliss-reactive ketones (excluding diaryl/α,β-unsaturated/α-hetero) is 2. The van der Waals surface area contributed by atoms with E-state index in [9.17, 15) is 117 Å². The highest BCUT2D eigenvalue weighted by Crippen LogP contribution is 2.31. The molecule has 0 radical (unpaired) electrons. The topological polar surface area (TPSA) is 633 Å². The summed E-state index contributed by atoms with van der Waals surface area (Å²) in [6.07, 6.45) is -3.82. The molecule has 44 heteroatoms. The quantitative estimate of drug-likeness (QED) is 0.00979. The second-order valence-electron chi connectivity index (χ2n) is 32.3. The zero-order valence-electron chi connectivity index (χ0n) is 74.1. The van der Waals surface area contributed by atoms with E-state index in [0.717, 1.165) is 52.3 Å². The zero-order chi connectivity index (χ0) is 97.0. The summed E-state index contributed by atoms with van der Waals surface area (Å²) in [5.41, 5.74) is 12.5. The minimum absolute atomic E-state index is 0.0194. The predicted molar refractivity (Wildman–Crippen MR) is 479 cm³/mol. The van der Waals surface area contributed by atoms with Gasteiger partial charge in [0.1, 0.15) is 53.3 Å². The lowest BCUT2D eigenvalue weighted by molar-refractivity contribution is -0.159. The molecule has 0 bridgehead atoms. The number of aliphatic hydroxyl groups excluding tert-OH is 1. The number of carboxylic acid groups (broad SMARTS) is 5. The van der Waals surface area contributed by atoms with E-state index in [1.807, 2.05) is 57.2 Å². The van der Waals surface area contributed by atoms with Gasteiger partial charge in [-0.05, 0) is 112 Å². The molecule has 720 valence electrons. The fraction of sp³-hybridized carbons (Fsp3) is 0.552. The number of nitrogens with one attached hydrogen (secondary N) is 10. The minimum Gasteiger partial charge on any atom is -0.508 e. The number of nitrogens with two attached hydrogens (primary N) is 1. The molecule has 131 heavy (non-hydrogen) atoms. The van der Waals surface area contributed by atoms with Crippen LogP contribution < -0.4 is 59.1 Å². The predicted octanol–water partition coefficient (Wildman–Crippen LogP) is 3.91. The first-order valence-electron chi connectivity index (χ1n) is 43.0. The molecule has 1 aliphatic heterocycles. The lowest BCUT2D eigenvalue weighted by atomic mass is 9.89. The van der Waals surface area contributed by atoms with Gasteiger partial charge in [0.05, 0.1) is 30.5 Å². The molecule has 1 saturated heterocycles. The minimum atomic E-state index is -1.70. The van der Waals surface area contributed by atoms with Crippen LogP contribution in [0.2, 0.25) is 0 Å². The third kappa shape index (κ3) is 40.2. The van der Waals surface area contributed by atoms with Crippen LogP contribution in [0.3, 0.4) is 0 Å². The second-order valence-corrected chi connectivity index (χ2v) is 35.8. The van der Waals surface area contributed by atoms with Crippen LogP contribution in [0.4, 0.5) is 9.59 Å². The molecule has 2 heterocycles. The maximum absolute atomic E-state index is 14.9. The van der Waals surface area contributed by atoms with Gasteiger partial charge in [-0.2, -0.15) is 0 Å². The number of hydrazine groups is 1. The number of urea groups is 1. The summed E-state index contributed by atoms with van der Waals surface area (Å²) >= 11 is 0.988. The van der Waals surface area contributed by atoms with Crippen molar-refractivity contribution in [2.24, 2.45) is 35.3 Å². The number of amides is 11. The first kappa shape index (κ1) is 110. The van der Waals surface area contributed by atoms with Crippen LogP contribution in [0.1, 0.15) is 183 Å². The standard InChI is InChI=1S/C87H122N14O27S3/c1-8-18-74(112)128-48-101(82(118)75(50(5)9-2)97-80(117)65-23-16-17-34-100(65)7)66(49(3)4)44-69(105)81-94-63(46-129-81)79(116)91-57(39-54-24-26-58(102)27-25-54)37-51(6)76(113)98-99-87(126)127-35-36-130-131-47-64(85(123)124)93-78(115)56(43-73(110)111)41-67(103)59(88)45-90-77(114)55(38-52-19-12-10-13-20-52)42-68(104)62(40-53-21-14-11-15-22-53)92-71(107)32-33-89-70(106)30-28-60(83(119)120)95-86(125)96-61(84(121)122)29-31-72(108)109/h10-15,19-22,24-27,46,49-51,55-57,59-62,64-66,69,75,102,105H,8-9,16-18,23,28-45,47-48,88H2,1-7H3,(H,89,106)(H,90,114)(H,91,116)(H,92,107)(H,93,115)(H,97,117)(H,98,113)(H,99,126)(H,108,109)(H,110,111)(H,119,120)(H,121,122)(H,123,124)(H2,95,96,125)/t50?,51-,55+,56-,57+,59-,60-,61-,62-,64+,65+,66+,69+,75-/m0/s1. The van der Waals surface area contributed by atoms with E-state index in [4.69, 9.17) is 20.3 Å². The van der Waals surface area contributed by atoms with E-state index in [1.165, 1.54) is 29.3 Å². The molecule has 1 aromatic heterocycles. The van der Waals surface area contributed by atoms with E-state index < -0.39 is 244 Å². The van der Waals surface area contributed by atoms with Crippen molar-refractivity contribution >= 4 is 140 Å². The molecule has 41 nitrogen and oxygen atoms in total. The Hall–Kier alpha value is -11.9. The van der Waals surface area contributed by atoms with E-state index in [-0.39, 0.29) is 97.4 Å². The van der Waals surface area contributed by atoms with Crippen LogP contribution in [0.15, 0.2) is 90.3 Å². The summed E-state index contributed by atoms with van der Waals surface area (Å²) in [4.78, 5) is 243. The maximum atomic E-state index is 14.9. The summed E-state index contributed by atoms with van der Waals surface area (Å²) < 4.78 is 10.8.